The number of nitrogens with one attached hydrogen (secondary N) is 1. The van der Waals surface area contributed by atoms with Crippen LogP contribution in [0.1, 0.15) is 24.1 Å². The van der Waals surface area contributed by atoms with Crippen molar-refractivity contribution in [3.05, 3.63) is 90.0 Å². The fourth-order valence-electron chi connectivity index (χ4n) is 3.13. The molecule has 0 spiro atoms. The molecule has 0 heterocycles. The van der Waals surface area contributed by atoms with Crippen LogP contribution in [-0.4, -0.2) is 32.2 Å². The second kappa shape index (κ2) is 9.56. The van der Waals surface area contributed by atoms with Gasteiger partial charge in [0, 0.05) is 7.05 Å². The Labute approximate surface area is 182 Å². The molecule has 1 amide bonds. The second-order valence-electron chi connectivity index (χ2n) is 7.17. The molecule has 3 rings (SSSR count). The Bertz CT molecular complexity index is 1180. The largest absolute Gasteiger partial charge is 0.348 e. The molecule has 3 aromatic carbocycles. The number of carbonyl (C=O) groups excluding carboxylic acids is 1. The van der Waals surface area contributed by atoms with Crippen LogP contribution in [0.5, 0.6) is 0 Å². The molecule has 0 aromatic heterocycles. The minimum absolute atomic E-state index is 0.0337. The molecule has 0 unspecified atom stereocenters. The summed E-state index contributed by atoms with van der Waals surface area (Å²) in [6, 6.07) is 25.1. The van der Waals surface area contributed by atoms with Crippen molar-refractivity contribution in [1.82, 2.24) is 9.62 Å². The van der Waals surface area contributed by atoms with Crippen molar-refractivity contribution < 1.29 is 13.2 Å². The standard InChI is InChI=1S/C24H23N3O3S/c1-18(20-10-12-22(13-11-20)21-6-4-3-5-7-21)26-24(28)17-27(2)31(29,30)23-14-8-19(16-25)9-15-23/h3-15,18H,17H2,1-2H3,(H,26,28)/t18-/m1/s1. The van der Waals surface area contributed by atoms with E-state index in [2.05, 4.69) is 5.32 Å². The molecule has 31 heavy (non-hydrogen) atoms. The second-order valence-corrected chi connectivity index (χ2v) is 9.22. The average molecular weight is 434 g/mol. The summed E-state index contributed by atoms with van der Waals surface area (Å²) in [4.78, 5) is 12.5. The highest BCUT2D eigenvalue weighted by molar-refractivity contribution is 7.89. The number of likely N-dealkylation sites (N-methyl/N-ethyl adjacent to an activating group) is 1. The van der Waals surface area contributed by atoms with Gasteiger partial charge in [0.2, 0.25) is 15.9 Å². The molecule has 3 aromatic rings. The van der Waals surface area contributed by atoms with Gasteiger partial charge in [-0.05, 0) is 47.9 Å². The van der Waals surface area contributed by atoms with Gasteiger partial charge in [0.1, 0.15) is 0 Å². The summed E-state index contributed by atoms with van der Waals surface area (Å²) in [6.07, 6.45) is 0. The number of carbonyl (C=O) groups is 1. The minimum atomic E-state index is -3.83. The smallest absolute Gasteiger partial charge is 0.243 e. The highest BCUT2D eigenvalue weighted by Crippen LogP contribution is 2.22. The first-order valence-electron chi connectivity index (χ1n) is 9.72. The van der Waals surface area contributed by atoms with Crippen LogP contribution in [0.15, 0.2) is 83.8 Å². The van der Waals surface area contributed by atoms with Gasteiger partial charge in [0.05, 0.1) is 29.1 Å². The lowest BCUT2D eigenvalue weighted by atomic mass is 10.0. The van der Waals surface area contributed by atoms with E-state index in [9.17, 15) is 13.2 Å². The van der Waals surface area contributed by atoms with Gasteiger partial charge in [-0.15, -0.1) is 0 Å². The predicted molar refractivity (Wildman–Crippen MR) is 119 cm³/mol. The van der Waals surface area contributed by atoms with Crippen molar-refractivity contribution in [2.75, 3.05) is 13.6 Å². The Balaban J connectivity index is 1.62. The lowest BCUT2D eigenvalue weighted by Gasteiger charge is -2.19. The van der Waals surface area contributed by atoms with Crippen molar-refractivity contribution in [2.24, 2.45) is 0 Å². The summed E-state index contributed by atoms with van der Waals surface area (Å²) < 4.78 is 26.3. The maximum atomic E-state index is 12.7. The third-order valence-corrected chi connectivity index (χ3v) is 6.77. The molecule has 0 radical (unpaired) electrons. The number of rotatable bonds is 7. The first-order valence-corrected chi connectivity index (χ1v) is 11.2. The summed E-state index contributed by atoms with van der Waals surface area (Å²) in [5.41, 5.74) is 3.48. The number of nitriles is 1. The van der Waals surface area contributed by atoms with E-state index in [1.165, 1.54) is 31.3 Å². The predicted octanol–water partition coefficient (Wildman–Crippen LogP) is 3.72. The molecule has 6 nitrogen and oxygen atoms in total. The number of nitrogens with zero attached hydrogens (tertiary/aromatic N) is 2. The monoisotopic (exact) mass is 433 g/mol. The van der Waals surface area contributed by atoms with Crippen molar-refractivity contribution in [3.63, 3.8) is 0 Å². The third kappa shape index (κ3) is 5.37. The SMILES string of the molecule is C[C@@H](NC(=O)CN(C)S(=O)(=O)c1ccc(C#N)cc1)c1ccc(-c2ccccc2)cc1. The fraction of sp³-hybridized carbons (Fsp3) is 0.167. The molecule has 0 saturated heterocycles. The van der Waals surface area contributed by atoms with Crippen molar-refractivity contribution >= 4 is 15.9 Å². The Kier molecular flexibility index (Phi) is 6.85. The molecule has 0 bridgehead atoms. The number of benzene rings is 3. The van der Waals surface area contributed by atoms with Gasteiger partial charge in [-0.2, -0.15) is 9.57 Å². The van der Waals surface area contributed by atoms with Gasteiger partial charge in [-0.25, -0.2) is 8.42 Å². The molecule has 0 aliphatic heterocycles. The summed E-state index contributed by atoms with van der Waals surface area (Å²) in [5.74, 6) is -0.403. The number of hydrogen-bond donors (Lipinski definition) is 1. The quantitative estimate of drug-likeness (QED) is 0.615. The molecule has 0 aliphatic rings. The van der Waals surface area contributed by atoms with E-state index >= 15 is 0 Å². The van der Waals surface area contributed by atoms with Crippen LogP contribution in [0.4, 0.5) is 0 Å². The molecule has 7 heteroatoms. The van der Waals surface area contributed by atoms with E-state index in [1.54, 1.807) is 0 Å². The van der Waals surface area contributed by atoms with E-state index in [0.29, 0.717) is 5.56 Å². The summed E-state index contributed by atoms with van der Waals surface area (Å²) in [7, 11) is -2.48. The van der Waals surface area contributed by atoms with Crippen molar-refractivity contribution in [2.45, 2.75) is 17.9 Å². The molecule has 0 saturated carbocycles. The Hall–Kier alpha value is -3.47. The van der Waals surface area contributed by atoms with Crippen molar-refractivity contribution in [1.29, 1.82) is 5.26 Å². The molecule has 1 atom stereocenters. The van der Waals surface area contributed by atoms with Gasteiger partial charge in [-0.1, -0.05) is 54.6 Å². The Morgan fingerprint density at radius 3 is 2.13 bits per heavy atom. The summed E-state index contributed by atoms with van der Waals surface area (Å²) in [5, 5.41) is 11.7. The van der Waals surface area contributed by atoms with Crippen LogP contribution in [0, 0.1) is 11.3 Å². The van der Waals surface area contributed by atoms with Crippen LogP contribution in [0.3, 0.4) is 0 Å². The molecule has 1 N–H and O–H groups in total. The molecular weight excluding hydrogens is 410 g/mol. The van der Waals surface area contributed by atoms with Crippen molar-refractivity contribution in [3.8, 4) is 17.2 Å². The number of sulfonamides is 1. The van der Waals surface area contributed by atoms with E-state index in [-0.39, 0.29) is 17.5 Å². The first-order chi connectivity index (χ1) is 14.8. The van der Waals surface area contributed by atoms with Gasteiger partial charge >= 0.3 is 0 Å². The third-order valence-electron chi connectivity index (χ3n) is 4.95. The zero-order chi connectivity index (χ0) is 22.4. The molecule has 0 fully saturated rings. The van der Waals surface area contributed by atoms with Crippen LogP contribution in [0.2, 0.25) is 0 Å². The lowest BCUT2D eigenvalue weighted by molar-refractivity contribution is -0.121. The van der Waals surface area contributed by atoms with Crippen LogP contribution in [0.25, 0.3) is 11.1 Å². The maximum absolute atomic E-state index is 12.7. The first kappa shape index (κ1) is 22.2. The molecular formula is C24H23N3O3S. The Morgan fingerprint density at radius 1 is 0.968 bits per heavy atom. The Morgan fingerprint density at radius 2 is 1.55 bits per heavy atom. The highest BCUT2D eigenvalue weighted by atomic mass is 32.2. The van der Waals surface area contributed by atoms with Gasteiger partial charge in [0.25, 0.3) is 0 Å². The van der Waals surface area contributed by atoms with E-state index in [4.69, 9.17) is 5.26 Å². The molecule has 158 valence electrons. The van der Waals surface area contributed by atoms with Gasteiger partial charge in [0.15, 0.2) is 0 Å². The summed E-state index contributed by atoms with van der Waals surface area (Å²) in [6.45, 7) is 1.54. The van der Waals surface area contributed by atoms with Crippen LogP contribution in [-0.2, 0) is 14.8 Å². The van der Waals surface area contributed by atoms with E-state index < -0.39 is 15.9 Å². The van der Waals surface area contributed by atoms with Gasteiger partial charge < -0.3 is 5.32 Å². The topological polar surface area (TPSA) is 90.3 Å². The van der Waals surface area contributed by atoms with E-state index in [1.807, 2.05) is 67.6 Å². The average Bonchev–Trinajstić information content (AvgIpc) is 2.79. The number of hydrogen-bond acceptors (Lipinski definition) is 4. The number of amides is 1. The van der Waals surface area contributed by atoms with Crippen LogP contribution >= 0.6 is 0 Å². The zero-order valence-corrected chi connectivity index (χ0v) is 18.1. The zero-order valence-electron chi connectivity index (χ0n) is 17.3. The van der Waals surface area contributed by atoms with Crippen LogP contribution < -0.4 is 5.32 Å². The fourth-order valence-corrected chi connectivity index (χ4v) is 4.26. The highest BCUT2D eigenvalue weighted by Gasteiger charge is 2.23. The maximum Gasteiger partial charge on any atom is 0.243 e. The van der Waals surface area contributed by atoms with Gasteiger partial charge in [-0.3, -0.25) is 4.79 Å². The van der Waals surface area contributed by atoms with E-state index in [0.717, 1.165) is 21.0 Å². The lowest BCUT2D eigenvalue weighted by Crippen LogP contribution is -2.39. The molecule has 0 aliphatic carbocycles. The normalized spacial score (nSPS) is 12.2. The minimum Gasteiger partial charge on any atom is -0.348 e. The summed E-state index contributed by atoms with van der Waals surface area (Å²) >= 11 is 0.